The number of aromatic nitrogens is 2. The summed E-state index contributed by atoms with van der Waals surface area (Å²) >= 11 is 6.14. The number of methoxy groups -OCH3 is 1. The zero-order valence-corrected chi connectivity index (χ0v) is 12.3. The van der Waals surface area contributed by atoms with Crippen LogP contribution in [0.2, 0.25) is 5.02 Å². The Morgan fingerprint density at radius 1 is 1.35 bits per heavy atom. The van der Waals surface area contributed by atoms with E-state index in [1.807, 2.05) is 14.0 Å². The fourth-order valence-corrected chi connectivity index (χ4v) is 2.01. The Hall–Kier alpha value is -2.01. The van der Waals surface area contributed by atoms with E-state index < -0.39 is 0 Å². The van der Waals surface area contributed by atoms with E-state index in [0.717, 1.165) is 11.4 Å². The molecule has 0 saturated carbocycles. The smallest absolute Gasteiger partial charge is 0.337 e. The lowest BCUT2D eigenvalue weighted by Gasteiger charge is -2.07. The molecule has 2 aromatic rings. The molecule has 0 radical (unpaired) electrons. The standard InChI is InChI=1S/C14H15ClN2O3/c1-9-13(15)12(17(2)16-9)8-20-11-6-4-10(5-7-11)14(18)19-3/h4-7H,8H2,1-3H3. The topological polar surface area (TPSA) is 53.4 Å². The van der Waals surface area contributed by atoms with Gasteiger partial charge in [0, 0.05) is 7.05 Å². The highest BCUT2D eigenvalue weighted by Gasteiger charge is 2.12. The molecule has 0 fully saturated rings. The van der Waals surface area contributed by atoms with Crippen molar-refractivity contribution < 1.29 is 14.3 Å². The number of carbonyl (C=O) groups excluding carboxylic acids is 1. The molecule has 0 spiro atoms. The Balaban J connectivity index is 2.06. The van der Waals surface area contributed by atoms with Gasteiger partial charge in [0.05, 0.1) is 29.1 Å². The van der Waals surface area contributed by atoms with Crippen LogP contribution in [-0.4, -0.2) is 22.9 Å². The van der Waals surface area contributed by atoms with Crippen LogP contribution >= 0.6 is 11.6 Å². The lowest BCUT2D eigenvalue weighted by Crippen LogP contribution is -2.04. The van der Waals surface area contributed by atoms with Gasteiger partial charge in [-0.2, -0.15) is 5.10 Å². The zero-order valence-electron chi connectivity index (χ0n) is 11.5. The summed E-state index contributed by atoms with van der Waals surface area (Å²) in [6.45, 7) is 2.16. The number of aryl methyl sites for hydroxylation is 2. The third-order valence-corrected chi connectivity index (χ3v) is 3.40. The molecule has 0 amide bonds. The Labute approximate surface area is 122 Å². The molecule has 1 aromatic carbocycles. The van der Waals surface area contributed by atoms with E-state index in [1.54, 1.807) is 28.9 Å². The van der Waals surface area contributed by atoms with Gasteiger partial charge in [-0.1, -0.05) is 11.6 Å². The molecule has 0 saturated heterocycles. The Morgan fingerprint density at radius 2 is 2.00 bits per heavy atom. The molecule has 0 bridgehead atoms. The number of rotatable bonds is 4. The highest BCUT2D eigenvalue weighted by atomic mass is 35.5. The summed E-state index contributed by atoms with van der Waals surface area (Å²) in [6, 6.07) is 6.72. The molecule has 1 heterocycles. The maximum atomic E-state index is 11.3. The van der Waals surface area contributed by atoms with E-state index >= 15 is 0 Å². The van der Waals surface area contributed by atoms with E-state index in [1.165, 1.54) is 7.11 Å². The summed E-state index contributed by atoms with van der Waals surface area (Å²) in [5, 5.41) is 4.82. The molecule has 5 nitrogen and oxygen atoms in total. The second kappa shape index (κ2) is 5.96. The van der Waals surface area contributed by atoms with E-state index in [9.17, 15) is 4.79 Å². The van der Waals surface area contributed by atoms with Crippen molar-refractivity contribution in [3.63, 3.8) is 0 Å². The first-order chi connectivity index (χ1) is 9.52. The molecule has 20 heavy (non-hydrogen) atoms. The van der Waals surface area contributed by atoms with Crippen LogP contribution in [0, 0.1) is 6.92 Å². The van der Waals surface area contributed by atoms with E-state index in [2.05, 4.69) is 9.84 Å². The minimum absolute atomic E-state index is 0.313. The highest BCUT2D eigenvalue weighted by molar-refractivity contribution is 6.31. The summed E-state index contributed by atoms with van der Waals surface area (Å²) in [7, 11) is 3.16. The van der Waals surface area contributed by atoms with Gasteiger partial charge >= 0.3 is 5.97 Å². The van der Waals surface area contributed by atoms with Crippen LogP contribution in [0.5, 0.6) is 5.75 Å². The van der Waals surface area contributed by atoms with Crippen molar-refractivity contribution in [1.82, 2.24) is 9.78 Å². The molecule has 0 aliphatic rings. The normalized spacial score (nSPS) is 10.4. The maximum Gasteiger partial charge on any atom is 0.337 e. The molecule has 0 atom stereocenters. The number of esters is 1. The monoisotopic (exact) mass is 294 g/mol. The second-order valence-electron chi connectivity index (χ2n) is 4.27. The summed E-state index contributed by atoms with van der Waals surface area (Å²) in [5.41, 5.74) is 2.06. The second-order valence-corrected chi connectivity index (χ2v) is 4.65. The summed E-state index contributed by atoms with van der Waals surface area (Å²) in [4.78, 5) is 11.3. The van der Waals surface area contributed by atoms with Gasteiger partial charge in [-0.15, -0.1) is 0 Å². The summed E-state index contributed by atoms with van der Waals surface area (Å²) in [6.07, 6.45) is 0. The number of nitrogens with zero attached hydrogens (tertiary/aromatic N) is 2. The first kappa shape index (κ1) is 14.4. The van der Waals surface area contributed by atoms with Crippen molar-refractivity contribution in [2.45, 2.75) is 13.5 Å². The van der Waals surface area contributed by atoms with Crippen molar-refractivity contribution in [1.29, 1.82) is 0 Å². The number of hydrogen-bond donors (Lipinski definition) is 0. The van der Waals surface area contributed by atoms with Crippen molar-refractivity contribution >= 4 is 17.6 Å². The Bertz CT molecular complexity index is 620. The van der Waals surface area contributed by atoms with Crippen molar-refractivity contribution in [3.8, 4) is 5.75 Å². The molecular weight excluding hydrogens is 280 g/mol. The first-order valence-corrected chi connectivity index (χ1v) is 6.40. The van der Waals surface area contributed by atoms with E-state index in [-0.39, 0.29) is 5.97 Å². The predicted molar refractivity (Wildman–Crippen MR) is 75.1 cm³/mol. The van der Waals surface area contributed by atoms with Crippen LogP contribution in [0.1, 0.15) is 21.7 Å². The molecule has 1 aromatic heterocycles. The van der Waals surface area contributed by atoms with Crippen molar-refractivity contribution in [2.24, 2.45) is 7.05 Å². The van der Waals surface area contributed by atoms with Gasteiger partial charge in [0.15, 0.2) is 0 Å². The molecule has 0 aliphatic heterocycles. The third kappa shape index (κ3) is 2.93. The van der Waals surface area contributed by atoms with Gasteiger partial charge in [0.2, 0.25) is 0 Å². The van der Waals surface area contributed by atoms with E-state index in [0.29, 0.717) is 22.9 Å². The maximum absolute atomic E-state index is 11.3. The Kier molecular flexibility index (Phi) is 4.29. The molecule has 2 rings (SSSR count). The molecule has 0 aliphatic carbocycles. The van der Waals surface area contributed by atoms with Crippen LogP contribution in [0.4, 0.5) is 0 Å². The lowest BCUT2D eigenvalue weighted by atomic mass is 10.2. The average Bonchev–Trinajstić information content (AvgIpc) is 2.70. The van der Waals surface area contributed by atoms with Gasteiger partial charge in [-0.25, -0.2) is 4.79 Å². The van der Waals surface area contributed by atoms with Crippen LogP contribution in [0.3, 0.4) is 0 Å². The van der Waals surface area contributed by atoms with Gasteiger partial charge in [-0.05, 0) is 31.2 Å². The molecule has 106 valence electrons. The van der Waals surface area contributed by atoms with Crippen LogP contribution in [0.15, 0.2) is 24.3 Å². The highest BCUT2D eigenvalue weighted by Crippen LogP contribution is 2.21. The zero-order chi connectivity index (χ0) is 14.7. The number of carbonyl (C=O) groups is 1. The van der Waals surface area contributed by atoms with E-state index in [4.69, 9.17) is 16.3 Å². The first-order valence-electron chi connectivity index (χ1n) is 6.02. The van der Waals surface area contributed by atoms with Crippen molar-refractivity contribution in [3.05, 3.63) is 46.2 Å². The van der Waals surface area contributed by atoms with Crippen LogP contribution in [0.25, 0.3) is 0 Å². The summed E-state index contributed by atoms with van der Waals surface area (Å²) < 4.78 is 12.0. The largest absolute Gasteiger partial charge is 0.487 e. The molecule has 0 unspecified atom stereocenters. The number of ether oxygens (including phenoxy) is 2. The van der Waals surface area contributed by atoms with Gasteiger partial charge in [0.25, 0.3) is 0 Å². The lowest BCUT2D eigenvalue weighted by molar-refractivity contribution is 0.0600. The fraction of sp³-hybridized carbons (Fsp3) is 0.286. The molecule has 0 N–H and O–H groups in total. The fourth-order valence-electron chi connectivity index (χ4n) is 1.79. The summed E-state index contributed by atoms with van der Waals surface area (Å²) in [5.74, 6) is 0.273. The molecular formula is C14H15ClN2O3. The van der Waals surface area contributed by atoms with Gasteiger partial charge in [-0.3, -0.25) is 4.68 Å². The number of benzene rings is 1. The van der Waals surface area contributed by atoms with Crippen LogP contribution in [-0.2, 0) is 18.4 Å². The quantitative estimate of drug-likeness (QED) is 0.814. The predicted octanol–water partition coefficient (Wildman–Crippen LogP) is 2.75. The SMILES string of the molecule is COC(=O)c1ccc(OCc2c(Cl)c(C)nn2C)cc1. The number of halogens is 1. The van der Waals surface area contributed by atoms with Gasteiger partial charge in [0.1, 0.15) is 12.4 Å². The Morgan fingerprint density at radius 3 is 2.50 bits per heavy atom. The number of hydrogen-bond acceptors (Lipinski definition) is 4. The average molecular weight is 295 g/mol. The van der Waals surface area contributed by atoms with Gasteiger partial charge < -0.3 is 9.47 Å². The molecule has 6 heteroatoms. The minimum atomic E-state index is -0.373. The third-order valence-electron chi connectivity index (χ3n) is 2.91. The van der Waals surface area contributed by atoms with Crippen LogP contribution < -0.4 is 4.74 Å². The minimum Gasteiger partial charge on any atom is -0.487 e. The van der Waals surface area contributed by atoms with Crippen molar-refractivity contribution in [2.75, 3.05) is 7.11 Å².